The van der Waals surface area contributed by atoms with E-state index in [0.29, 0.717) is 0 Å². The predicted octanol–water partition coefficient (Wildman–Crippen LogP) is 1.09. The lowest BCUT2D eigenvalue weighted by molar-refractivity contribution is 0.0509. The van der Waals surface area contributed by atoms with Crippen LogP contribution in [0, 0.1) is 0 Å². The summed E-state index contributed by atoms with van der Waals surface area (Å²) in [6.07, 6.45) is -1.91. The zero-order valence-corrected chi connectivity index (χ0v) is 16.4. The molecule has 0 aliphatic heterocycles. The summed E-state index contributed by atoms with van der Waals surface area (Å²) in [5.41, 5.74) is 4.34. The number of amides is 3. The molecule has 1 atom stereocenters. The molecule has 0 radical (unpaired) electrons. The Morgan fingerprint density at radius 1 is 0.885 bits per heavy atom. The first-order valence-electron chi connectivity index (χ1n) is 8.39. The normalized spacial score (nSPS) is 12.6. The molecular formula is C16H32N4O6. The van der Waals surface area contributed by atoms with Crippen LogP contribution in [0.25, 0.3) is 0 Å². The first kappa shape index (κ1) is 23.8. The summed E-state index contributed by atoms with van der Waals surface area (Å²) in [4.78, 5) is 34.7. The highest BCUT2D eigenvalue weighted by Crippen LogP contribution is 2.06. The summed E-state index contributed by atoms with van der Waals surface area (Å²) in [6.45, 7) is 10.7. The third kappa shape index (κ3) is 14.1. The maximum Gasteiger partial charge on any atom is 0.407 e. The molecule has 0 bridgehead atoms. The van der Waals surface area contributed by atoms with E-state index in [4.69, 9.17) is 19.9 Å². The van der Waals surface area contributed by atoms with Crippen LogP contribution in [-0.2, 0) is 14.2 Å². The van der Waals surface area contributed by atoms with Crippen molar-refractivity contribution in [2.75, 3.05) is 26.2 Å². The van der Waals surface area contributed by atoms with Gasteiger partial charge in [-0.2, -0.15) is 0 Å². The van der Waals surface area contributed by atoms with Crippen molar-refractivity contribution in [1.29, 1.82) is 0 Å². The molecule has 0 fully saturated rings. The second-order valence-corrected chi connectivity index (χ2v) is 7.52. The number of carbonyl (C=O) groups is 3. The standard InChI is InChI=1S/C16H32N4O6/c1-15(2,3)25-12(21)18-7-8-24-14(23)20-11(9-17)10-19-13(22)26-16(4,5)6/h11H,7-10,17H2,1-6H3,(H,18,21)(H,19,22)(H,20,23)/t11-/m1/s1. The van der Waals surface area contributed by atoms with Gasteiger partial charge in [0.1, 0.15) is 17.8 Å². The van der Waals surface area contributed by atoms with E-state index in [1.807, 2.05) is 0 Å². The largest absolute Gasteiger partial charge is 0.448 e. The molecule has 0 spiro atoms. The summed E-state index contributed by atoms with van der Waals surface area (Å²) >= 11 is 0. The van der Waals surface area contributed by atoms with E-state index in [2.05, 4.69) is 16.0 Å². The van der Waals surface area contributed by atoms with Gasteiger partial charge in [-0.1, -0.05) is 0 Å². The number of nitrogens with one attached hydrogen (secondary N) is 3. The van der Waals surface area contributed by atoms with Gasteiger partial charge in [0.2, 0.25) is 0 Å². The van der Waals surface area contributed by atoms with Gasteiger partial charge in [-0.05, 0) is 41.5 Å². The number of rotatable bonds is 7. The molecule has 0 aromatic carbocycles. The smallest absolute Gasteiger partial charge is 0.407 e. The van der Waals surface area contributed by atoms with Gasteiger partial charge in [-0.25, -0.2) is 14.4 Å². The zero-order valence-electron chi connectivity index (χ0n) is 16.4. The Balaban J connectivity index is 4.01. The van der Waals surface area contributed by atoms with Crippen molar-refractivity contribution in [3.05, 3.63) is 0 Å². The van der Waals surface area contributed by atoms with Crippen molar-refractivity contribution < 1.29 is 28.6 Å². The van der Waals surface area contributed by atoms with E-state index in [1.54, 1.807) is 41.5 Å². The molecule has 10 nitrogen and oxygen atoms in total. The zero-order chi connectivity index (χ0) is 20.4. The average molecular weight is 376 g/mol. The van der Waals surface area contributed by atoms with Crippen molar-refractivity contribution >= 4 is 18.3 Å². The molecule has 26 heavy (non-hydrogen) atoms. The molecule has 0 saturated carbocycles. The van der Waals surface area contributed by atoms with Crippen LogP contribution in [0.1, 0.15) is 41.5 Å². The first-order valence-corrected chi connectivity index (χ1v) is 8.39. The van der Waals surface area contributed by atoms with Crippen molar-refractivity contribution in [3.63, 3.8) is 0 Å². The predicted molar refractivity (Wildman–Crippen MR) is 95.8 cm³/mol. The molecule has 0 unspecified atom stereocenters. The van der Waals surface area contributed by atoms with Crippen LogP contribution in [0.3, 0.4) is 0 Å². The molecule has 0 aromatic heterocycles. The Morgan fingerprint density at radius 2 is 1.38 bits per heavy atom. The van der Waals surface area contributed by atoms with Gasteiger partial charge in [0, 0.05) is 13.1 Å². The second kappa shape index (κ2) is 10.7. The average Bonchev–Trinajstić information content (AvgIpc) is 2.44. The maximum atomic E-state index is 11.7. The van der Waals surface area contributed by atoms with Gasteiger partial charge >= 0.3 is 18.3 Å². The van der Waals surface area contributed by atoms with Gasteiger partial charge in [-0.3, -0.25) is 0 Å². The first-order chi connectivity index (χ1) is 11.8. The fraction of sp³-hybridized carbons (Fsp3) is 0.812. The van der Waals surface area contributed by atoms with Crippen LogP contribution < -0.4 is 21.7 Å². The molecule has 0 aliphatic carbocycles. The molecule has 0 rings (SSSR count). The van der Waals surface area contributed by atoms with E-state index in [9.17, 15) is 14.4 Å². The van der Waals surface area contributed by atoms with E-state index < -0.39 is 35.5 Å². The fourth-order valence-corrected chi connectivity index (χ4v) is 1.53. The van der Waals surface area contributed by atoms with Gasteiger partial charge in [-0.15, -0.1) is 0 Å². The molecule has 5 N–H and O–H groups in total. The Morgan fingerprint density at radius 3 is 1.85 bits per heavy atom. The van der Waals surface area contributed by atoms with Crippen molar-refractivity contribution in [3.8, 4) is 0 Å². The minimum absolute atomic E-state index is 0.0398. The van der Waals surface area contributed by atoms with E-state index >= 15 is 0 Å². The highest BCUT2D eigenvalue weighted by Gasteiger charge is 2.18. The number of hydrogen-bond donors (Lipinski definition) is 4. The molecule has 10 heteroatoms. The lowest BCUT2D eigenvalue weighted by Gasteiger charge is -2.22. The number of alkyl carbamates (subject to hydrolysis) is 3. The number of hydrogen-bond acceptors (Lipinski definition) is 7. The van der Waals surface area contributed by atoms with Crippen LogP contribution in [0.4, 0.5) is 14.4 Å². The van der Waals surface area contributed by atoms with Gasteiger partial charge in [0.15, 0.2) is 0 Å². The minimum atomic E-state index is -0.711. The van der Waals surface area contributed by atoms with Crippen LogP contribution in [0.2, 0.25) is 0 Å². The lowest BCUT2D eigenvalue weighted by Crippen LogP contribution is -2.49. The van der Waals surface area contributed by atoms with Gasteiger partial charge in [0.25, 0.3) is 0 Å². The quantitative estimate of drug-likeness (QED) is 0.385. The molecule has 0 aliphatic rings. The third-order valence-electron chi connectivity index (χ3n) is 2.50. The summed E-state index contributed by atoms with van der Waals surface area (Å²) in [5, 5.41) is 7.48. The SMILES string of the molecule is CC(C)(C)OC(=O)NCCOC(=O)N[C@H](CN)CNC(=O)OC(C)(C)C. The molecule has 0 saturated heterocycles. The van der Waals surface area contributed by atoms with E-state index in [1.165, 1.54) is 0 Å². The lowest BCUT2D eigenvalue weighted by atomic mass is 10.2. The van der Waals surface area contributed by atoms with Crippen LogP contribution in [-0.4, -0.2) is 61.8 Å². The second-order valence-electron chi connectivity index (χ2n) is 7.52. The molecular weight excluding hydrogens is 344 g/mol. The van der Waals surface area contributed by atoms with Gasteiger partial charge < -0.3 is 35.9 Å². The Hall–Kier alpha value is -2.23. The van der Waals surface area contributed by atoms with E-state index in [0.717, 1.165) is 0 Å². The number of ether oxygens (including phenoxy) is 3. The third-order valence-corrected chi connectivity index (χ3v) is 2.50. The van der Waals surface area contributed by atoms with Crippen LogP contribution in [0.15, 0.2) is 0 Å². The topological polar surface area (TPSA) is 141 Å². The molecule has 152 valence electrons. The molecule has 0 aromatic rings. The van der Waals surface area contributed by atoms with Crippen LogP contribution in [0.5, 0.6) is 0 Å². The number of carbonyl (C=O) groups excluding carboxylic acids is 3. The van der Waals surface area contributed by atoms with Crippen LogP contribution >= 0.6 is 0 Å². The monoisotopic (exact) mass is 376 g/mol. The summed E-state index contributed by atoms with van der Waals surface area (Å²) in [5.74, 6) is 0. The van der Waals surface area contributed by atoms with E-state index in [-0.39, 0.29) is 26.2 Å². The fourth-order valence-electron chi connectivity index (χ4n) is 1.53. The molecule has 0 heterocycles. The summed E-state index contributed by atoms with van der Waals surface area (Å²) in [6, 6.07) is -0.520. The number of nitrogens with two attached hydrogens (primary N) is 1. The Labute approximate surface area is 154 Å². The van der Waals surface area contributed by atoms with Crippen molar-refractivity contribution in [2.24, 2.45) is 5.73 Å². The van der Waals surface area contributed by atoms with Crippen molar-refractivity contribution in [2.45, 2.75) is 58.8 Å². The Bertz CT molecular complexity index is 470. The summed E-state index contributed by atoms with van der Waals surface area (Å²) in [7, 11) is 0. The molecule has 3 amide bonds. The van der Waals surface area contributed by atoms with Gasteiger partial charge in [0.05, 0.1) is 12.6 Å². The summed E-state index contributed by atoms with van der Waals surface area (Å²) < 4.78 is 15.1. The maximum absolute atomic E-state index is 11.7. The highest BCUT2D eigenvalue weighted by atomic mass is 16.6. The minimum Gasteiger partial charge on any atom is -0.448 e. The highest BCUT2D eigenvalue weighted by molar-refractivity contribution is 5.69. The Kier molecular flexibility index (Phi) is 9.77. The van der Waals surface area contributed by atoms with Crippen molar-refractivity contribution in [1.82, 2.24) is 16.0 Å².